The molecule has 0 amide bonds. The van der Waals surface area contributed by atoms with Crippen molar-refractivity contribution in [2.45, 2.75) is 26.2 Å². The van der Waals surface area contributed by atoms with Crippen molar-refractivity contribution in [1.29, 1.82) is 0 Å². The molecule has 0 atom stereocenters. The van der Waals surface area contributed by atoms with Crippen molar-refractivity contribution in [3.05, 3.63) is 206 Å². The van der Waals surface area contributed by atoms with Crippen LogP contribution in [0.2, 0.25) is 0 Å². The van der Waals surface area contributed by atoms with Crippen molar-refractivity contribution in [2.75, 3.05) is 4.90 Å². The van der Waals surface area contributed by atoms with E-state index >= 15 is 0 Å². The highest BCUT2D eigenvalue weighted by atomic mass is 15.1. The minimum absolute atomic E-state index is 0.0607. The molecule has 0 unspecified atom stereocenters. The van der Waals surface area contributed by atoms with E-state index in [0.29, 0.717) is 0 Å². The van der Waals surface area contributed by atoms with Crippen molar-refractivity contribution in [2.24, 2.45) is 0 Å². The molecule has 0 saturated carbocycles. The lowest BCUT2D eigenvalue weighted by atomic mass is 9.86. The van der Waals surface area contributed by atoms with Gasteiger partial charge in [-0.15, -0.1) is 0 Å². The molecular weight excluding hydrogens is 653 g/mol. The van der Waals surface area contributed by atoms with Crippen LogP contribution in [0.4, 0.5) is 17.1 Å². The molecule has 0 aliphatic heterocycles. The van der Waals surface area contributed by atoms with Crippen LogP contribution in [0.5, 0.6) is 0 Å². The fourth-order valence-corrected chi connectivity index (χ4v) is 7.66. The Morgan fingerprint density at radius 1 is 0.352 bits per heavy atom. The van der Waals surface area contributed by atoms with Crippen LogP contribution in [0.25, 0.3) is 60.9 Å². The number of aromatic nitrogens is 1. The lowest BCUT2D eigenvalue weighted by Gasteiger charge is -2.26. The van der Waals surface area contributed by atoms with Crippen LogP contribution in [0, 0.1) is 0 Å². The first-order valence-electron chi connectivity index (χ1n) is 18.8. The van der Waals surface area contributed by atoms with Crippen molar-refractivity contribution in [3.63, 3.8) is 0 Å². The summed E-state index contributed by atoms with van der Waals surface area (Å²) in [5.74, 6) is 0. The molecule has 0 aliphatic carbocycles. The predicted octanol–water partition coefficient (Wildman–Crippen LogP) is 14.6. The second-order valence-electron chi connectivity index (χ2n) is 15.1. The average Bonchev–Trinajstić information content (AvgIpc) is 3.55. The Balaban J connectivity index is 1.07. The maximum absolute atomic E-state index is 2.40. The molecule has 8 aromatic carbocycles. The maximum atomic E-state index is 2.40. The molecule has 2 heteroatoms. The first-order valence-corrected chi connectivity index (χ1v) is 18.8. The zero-order valence-electron chi connectivity index (χ0n) is 30.9. The van der Waals surface area contributed by atoms with Crippen molar-refractivity contribution in [1.82, 2.24) is 4.57 Å². The summed E-state index contributed by atoms with van der Waals surface area (Å²) in [4.78, 5) is 2.33. The van der Waals surface area contributed by atoms with E-state index in [1.807, 2.05) is 0 Å². The third kappa shape index (κ3) is 6.27. The Labute approximate surface area is 318 Å². The number of rotatable bonds is 7. The largest absolute Gasteiger partial charge is 0.310 e. The number of hydrogen-bond acceptors (Lipinski definition) is 1. The fraction of sp³-hybridized carbons (Fsp3) is 0.0769. The maximum Gasteiger partial charge on any atom is 0.0541 e. The minimum atomic E-state index is 0.0607. The summed E-state index contributed by atoms with van der Waals surface area (Å²) >= 11 is 0. The summed E-state index contributed by atoms with van der Waals surface area (Å²) in [5.41, 5.74) is 15.6. The number of para-hydroxylation sites is 2. The highest BCUT2D eigenvalue weighted by Crippen LogP contribution is 2.40. The van der Waals surface area contributed by atoms with Crippen molar-refractivity contribution in [3.8, 4) is 39.1 Å². The number of benzene rings is 8. The van der Waals surface area contributed by atoms with Gasteiger partial charge in [-0.3, -0.25) is 0 Å². The molecule has 0 spiro atoms. The van der Waals surface area contributed by atoms with E-state index in [4.69, 9.17) is 0 Å². The van der Waals surface area contributed by atoms with Gasteiger partial charge in [0.15, 0.2) is 0 Å². The highest BCUT2D eigenvalue weighted by Gasteiger charge is 2.19. The van der Waals surface area contributed by atoms with E-state index in [-0.39, 0.29) is 5.41 Å². The average molecular weight is 695 g/mol. The molecule has 9 aromatic rings. The van der Waals surface area contributed by atoms with Crippen molar-refractivity contribution < 1.29 is 0 Å². The minimum Gasteiger partial charge on any atom is -0.310 e. The Kier molecular flexibility index (Phi) is 8.44. The molecule has 1 aromatic heterocycles. The summed E-state index contributed by atoms with van der Waals surface area (Å²) in [6, 6.07) is 72.5. The Morgan fingerprint density at radius 2 is 0.796 bits per heavy atom. The first kappa shape index (κ1) is 33.2. The zero-order chi connectivity index (χ0) is 36.6. The quantitative estimate of drug-likeness (QED) is 0.161. The van der Waals surface area contributed by atoms with Crippen LogP contribution in [0.15, 0.2) is 200 Å². The van der Waals surface area contributed by atoms with Gasteiger partial charge in [-0.2, -0.15) is 0 Å². The lowest BCUT2D eigenvalue weighted by molar-refractivity contribution is 0.591. The molecule has 1 heterocycles. The van der Waals surface area contributed by atoms with Gasteiger partial charge in [-0.1, -0.05) is 148 Å². The highest BCUT2D eigenvalue weighted by molar-refractivity contribution is 6.10. The third-order valence-corrected chi connectivity index (χ3v) is 10.5. The van der Waals surface area contributed by atoms with Crippen LogP contribution in [0.1, 0.15) is 26.3 Å². The standard InChI is InChI=1S/C52H42N2/c1-52(2,3)43-29-33-51-49(36-43)48-35-42(28-32-50(48)54(51)45-19-11-6-12-20-45)40-24-22-39(23-25-40)41-16-13-21-47(34-41)53(44-17-9-5-10-18-44)46-30-26-38(27-31-46)37-14-7-4-8-15-37/h4-36H,1-3H3. The van der Waals surface area contributed by atoms with Crippen LogP contribution >= 0.6 is 0 Å². The number of fused-ring (bicyclic) bond motifs is 3. The van der Waals surface area contributed by atoms with Gasteiger partial charge < -0.3 is 9.47 Å². The Bertz CT molecular complexity index is 2700. The normalized spacial score (nSPS) is 11.6. The van der Waals surface area contributed by atoms with Crippen LogP contribution in [-0.4, -0.2) is 4.57 Å². The molecule has 9 rings (SSSR count). The van der Waals surface area contributed by atoms with Gasteiger partial charge in [0, 0.05) is 33.5 Å². The summed E-state index contributed by atoms with van der Waals surface area (Å²) in [6.07, 6.45) is 0. The molecule has 0 radical (unpaired) electrons. The van der Waals surface area contributed by atoms with E-state index < -0.39 is 0 Å². The molecule has 54 heavy (non-hydrogen) atoms. The van der Waals surface area contributed by atoms with E-state index in [0.717, 1.165) is 17.1 Å². The summed E-state index contributed by atoms with van der Waals surface area (Å²) < 4.78 is 2.40. The van der Waals surface area contributed by atoms with Gasteiger partial charge in [0.25, 0.3) is 0 Å². The summed E-state index contributed by atoms with van der Waals surface area (Å²) in [5, 5.41) is 2.56. The fourth-order valence-electron chi connectivity index (χ4n) is 7.66. The predicted molar refractivity (Wildman–Crippen MR) is 230 cm³/mol. The lowest BCUT2D eigenvalue weighted by Crippen LogP contribution is -2.10. The molecule has 0 saturated heterocycles. The number of hydrogen-bond donors (Lipinski definition) is 0. The summed E-state index contributed by atoms with van der Waals surface area (Å²) in [6.45, 7) is 6.86. The van der Waals surface area contributed by atoms with Crippen LogP contribution in [-0.2, 0) is 5.41 Å². The second-order valence-corrected chi connectivity index (χ2v) is 15.1. The van der Waals surface area contributed by atoms with Gasteiger partial charge in [0.1, 0.15) is 0 Å². The molecule has 0 N–H and O–H groups in total. The Morgan fingerprint density at radius 3 is 1.44 bits per heavy atom. The number of nitrogens with zero attached hydrogens (tertiary/aromatic N) is 2. The van der Waals surface area contributed by atoms with E-state index in [2.05, 4.69) is 230 Å². The second kappa shape index (κ2) is 13.7. The monoisotopic (exact) mass is 694 g/mol. The van der Waals surface area contributed by atoms with Gasteiger partial charge in [-0.25, -0.2) is 0 Å². The molecule has 260 valence electrons. The number of anilines is 3. The van der Waals surface area contributed by atoms with Crippen LogP contribution in [0.3, 0.4) is 0 Å². The third-order valence-electron chi connectivity index (χ3n) is 10.5. The molecule has 2 nitrogen and oxygen atoms in total. The topological polar surface area (TPSA) is 8.17 Å². The van der Waals surface area contributed by atoms with Gasteiger partial charge >= 0.3 is 0 Å². The molecule has 0 fully saturated rings. The Hall–Kier alpha value is -6.64. The van der Waals surface area contributed by atoms with Crippen LogP contribution < -0.4 is 4.90 Å². The summed E-state index contributed by atoms with van der Waals surface area (Å²) in [7, 11) is 0. The van der Waals surface area contributed by atoms with Gasteiger partial charge in [0.2, 0.25) is 0 Å². The zero-order valence-corrected chi connectivity index (χ0v) is 30.9. The SMILES string of the molecule is CC(C)(C)c1ccc2c(c1)c1cc(-c3ccc(-c4cccc(N(c5ccccc5)c5ccc(-c6ccccc6)cc5)c4)cc3)ccc1n2-c1ccccc1. The smallest absolute Gasteiger partial charge is 0.0541 e. The van der Waals surface area contributed by atoms with E-state index in [1.165, 1.54) is 66.4 Å². The van der Waals surface area contributed by atoms with E-state index in [1.54, 1.807) is 0 Å². The van der Waals surface area contributed by atoms with Gasteiger partial charge in [0.05, 0.1) is 11.0 Å². The molecule has 0 bridgehead atoms. The first-order chi connectivity index (χ1) is 26.4. The molecular formula is C52H42N2. The van der Waals surface area contributed by atoms with E-state index in [9.17, 15) is 0 Å². The van der Waals surface area contributed by atoms with Crippen molar-refractivity contribution >= 4 is 38.9 Å². The van der Waals surface area contributed by atoms with Gasteiger partial charge in [-0.05, 0) is 117 Å². The molecule has 0 aliphatic rings.